The highest BCUT2D eigenvalue weighted by Gasteiger charge is 2.14. The van der Waals surface area contributed by atoms with Gasteiger partial charge >= 0.3 is 0 Å². The number of hydrogen-bond acceptors (Lipinski definition) is 5. The van der Waals surface area contributed by atoms with Crippen molar-refractivity contribution in [1.82, 2.24) is 15.0 Å². The van der Waals surface area contributed by atoms with E-state index in [4.69, 9.17) is 9.47 Å². The summed E-state index contributed by atoms with van der Waals surface area (Å²) in [6, 6.07) is 14.5. The first kappa shape index (κ1) is 19.4. The molecule has 30 heavy (non-hydrogen) atoms. The number of ether oxygens (including phenoxy) is 2. The van der Waals surface area contributed by atoms with E-state index in [0.717, 1.165) is 5.56 Å². The second-order valence-electron chi connectivity index (χ2n) is 6.68. The van der Waals surface area contributed by atoms with E-state index in [9.17, 15) is 9.18 Å². The number of benzene rings is 3. The number of nitrogens with zero attached hydrogens (tertiary/aromatic N) is 3. The molecule has 7 nitrogen and oxygen atoms in total. The fraction of sp³-hybridized carbons (Fsp3) is 0.136. The van der Waals surface area contributed by atoms with Crippen molar-refractivity contribution in [3.63, 3.8) is 0 Å². The van der Waals surface area contributed by atoms with Gasteiger partial charge in [0.25, 0.3) is 5.91 Å². The van der Waals surface area contributed by atoms with Gasteiger partial charge in [-0.1, -0.05) is 0 Å². The van der Waals surface area contributed by atoms with Gasteiger partial charge in [-0.15, -0.1) is 10.2 Å². The summed E-state index contributed by atoms with van der Waals surface area (Å²) in [6.45, 7) is 1.87. The van der Waals surface area contributed by atoms with Crippen LogP contribution < -0.4 is 14.8 Å². The topological polar surface area (TPSA) is 78.3 Å². The minimum atomic E-state index is -0.328. The molecule has 4 aromatic rings. The quantitative estimate of drug-likeness (QED) is 0.539. The fourth-order valence-corrected chi connectivity index (χ4v) is 3.03. The molecule has 4 rings (SSSR count). The second-order valence-corrected chi connectivity index (χ2v) is 6.68. The number of aryl methyl sites for hydroxylation is 1. The summed E-state index contributed by atoms with van der Waals surface area (Å²) >= 11 is 0. The average molecular weight is 406 g/mol. The molecule has 0 aliphatic rings. The van der Waals surface area contributed by atoms with Gasteiger partial charge in [0.1, 0.15) is 28.3 Å². The molecule has 0 bridgehead atoms. The summed E-state index contributed by atoms with van der Waals surface area (Å²) < 4.78 is 23.6. The van der Waals surface area contributed by atoms with Gasteiger partial charge < -0.3 is 14.8 Å². The van der Waals surface area contributed by atoms with E-state index in [1.54, 1.807) is 36.4 Å². The Bertz CT molecular complexity index is 1210. The molecule has 8 heteroatoms. The Morgan fingerprint density at radius 2 is 1.53 bits per heavy atom. The Labute approximate surface area is 172 Å². The molecule has 152 valence electrons. The van der Waals surface area contributed by atoms with E-state index < -0.39 is 0 Å². The molecule has 0 saturated heterocycles. The first-order valence-corrected chi connectivity index (χ1v) is 9.15. The summed E-state index contributed by atoms with van der Waals surface area (Å²) in [5.41, 5.74) is 3.75. The van der Waals surface area contributed by atoms with Crippen molar-refractivity contribution in [2.45, 2.75) is 6.92 Å². The largest absolute Gasteiger partial charge is 0.497 e. The first-order chi connectivity index (χ1) is 14.5. The van der Waals surface area contributed by atoms with Crippen LogP contribution in [0.3, 0.4) is 0 Å². The molecule has 0 spiro atoms. The van der Waals surface area contributed by atoms with Gasteiger partial charge in [-0.2, -0.15) is 4.80 Å². The second kappa shape index (κ2) is 7.82. The van der Waals surface area contributed by atoms with E-state index in [0.29, 0.717) is 39.5 Å². The molecule has 0 atom stereocenters. The number of aromatic nitrogens is 3. The maximum Gasteiger partial charge on any atom is 0.255 e. The number of fused-ring (bicyclic) bond motifs is 1. The highest BCUT2D eigenvalue weighted by molar-refractivity contribution is 6.06. The van der Waals surface area contributed by atoms with Gasteiger partial charge in [0.05, 0.1) is 19.9 Å². The number of hydrogen-bond donors (Lipinski definition) is 1. The zero-order chi connectivity index (χ0) is 21.3. The van der Waals surface area contributed by atoms with Crippen LogP contribution in [-0.4, -0.2) is 35.1 Å². The van der Waals surface area contributed by atoms with Crippen molar-refractivity contribution in [3.8, 4) is 17.2 Å². The lowest BCUT2D eigenvalue weighted by atomic mass is 10.1. The van der Waals surface area contributed by atoms with Crippen LogP contribution in [0.2, 0.25) is 0 Å². The van der Waals surface area contributed by atoms with Gasteiger partial charge in [0.2, 0.25) is 0 Å². The van der Waals surface area contributed by atoms with E-state index in [-0.39, 0.29) is 11.7 Å². The Morgan fingerprint density at radius 3 is 2.13 bits per heavy atom. The van der Waals surface area contributed by atoms with Crippen LogP contribution in [0.4, 0.5) is 10.1 Å². The monoisotopic (exact) mass is 406 g/mol. The number of carbonyl (C=O) groups is 1. The lowest BCUT2D eigenvalue weighted by Crippen LogP contribution is -2.13. The first-order valence-electron chi connectivity index (χ1n) is 9.15. The minimum absolute atomic E-state index is 0.305. The van der Waals surface area contributed by atoms with Crippen LogP contribution in [0.15, 0.2) is 54.6 Å². The maximum atomic E-state index is 13.2. The highest BCUT2D eigenvalue weighted by Crippen LogP contribution is 2.26. The molecule has 0 aliphatic heterocycles. The molecule has 0 radical (unpaired) electrons. The van der Waals surface area contributed by atoms with Crippen molar-refractivity contribution in [1.29, 1.82) is 0 Å². The molecule has 1 aromatic heterocycles. The van der Waals surface area contributed by atoms with Crippen molar-refractivity contribution in [2.75, 3.05) is 19.5 Å². The molecule has 1 N–H and O–H groups in total. The highest BCUT2D eigenvalue weighted by atomic mass is 19.1. The van der Waals surface area contributed by atoms with E-state index in [2.05, 4.69) is 15.5 Å². The predicted molar refractivity (Wildman–Crippen MR) is 111 cm³/mol. The third-order valence-corrected chi connectivity index (χ3v) is 4.65. The van der Waals surface area contributed by atoms with Crippen molar-refractivity contribution in [2.24, 2.45) is 0 Å². The lowest BCUT2D eigenvalue weighted by Gasteiger charge is -2.11. The van der Waals surface area contributed by atoms with Gasteiger partial charge in [0, 0.05) is 17.3 Å². The number of nitrogens with one attached hydrogen (secondary N) is 1. The van der Waals surface area contributed by atoms with Gasteiger partial charge in [-0.3, -0.25) is 4.79 Å². The van der Waals surface area contributed by atoms with Gasteiger partial charge in [-0.25, -0.2) is 4.39 Å². The molecule has 0 aliphatic carbocycles. The lowest BCUT2D eigenvalue weighted by molar-refractivity contribution is 0.102. The Hall–Kier alpha value is -3.94. The smallest absolute Gasteiger partial charge is 0.255 e. The molecule has 3 aromatic carbocycles. The third-order valence-electron chi connectivity index (χ3n) is 4.65. The SMILES string of the molecule is COc1cc(OC)cc(C(=O)Nc2cc3nn(-c4ccc(F)cc4)nc3cc2C)c1. The molecule has 0 saturated carbocycles. The predicted octanol–water partition coefficient (Wildman–Crippen LogP) is 4.14. The Balaban J connectivity index is 1.65. The third kappa shape index (κ3) is 3.80. The van der Waals surface area contributed by atoms with Crippen molar-refractivity contribution >= 4 is 22.6 Å². The van der Waals surface area contributed by atoms with Gasteiger partial charge in [0.15, 0.2) is 0 Å². The number of methoxy groups -OCH3 is 2. The summed E-state index contributed by atoms with van der Waals surface area (Å²) in [5.74, 6) is 0.411. The Kier molecular flexibility index (Phi) is 5.05. The zero-order valence-electron chi connectivity index (χ0n) is 16.6. The van der Waals surface area contributed by atoms with Crippen LogP contribution in [0.1, 0.15) is 15.9 Å². The van der Waals surface area contributed by atoms with Crippen LogP contribution in [0.25, 0.3) is 16.7 Å². The molecular weight excluding hydrogens is 387 g/mol. The van der Waals surface area contributed by atoms with Crippen molar-refractivity contribution < 1.29 is 18.7 Å². The number of amides is 1. The summed E-state index contributed by atoms with van der Waals surface area (Å²) in [5, 5.41) is 11.8. The zero-order valence-corrected chi connectivity index (χ0v) is 16.6. The van der Waals surface area contributed by atoms with Crippen LogP contribution in [0, 0.1) is 12.7 Å². The van der Waals surface area contributed by atoms with Crippen LogP contribution in [-0.2, 0) is 0 Å². The van der Waals surface area contributed by atoms with Gasteiger partial charge in [-0.05, 0) is 61.0 Å². The van der Waals surface area contributed by atoms with E-state index in [1.807, 2.05) is 13.0 Å². The summed E-state index contributed by atoms with van der Waals surface area (Å²) in [6.07, 6.45) is 0. The summed E-state index contributed by atoms with van der Waals surface area (Å²) in [7, 11) is 3.05. The molecule has 0 unspecified atom stereocenters. The fourth-order valence-electron chi connectivity index (χ4n) is 3.03. The number of rotatable bonds is 5. The molecule has 0 fully saturated rings. The number of carbonyl (C=O) groups excluding carboxylic acids is 1. The minimum Gasteiger partial charge on any atom is -0.497 e. The molecule has 1 heterocycles. The summed E-state index contributed by atoms with van der Waals surface area (Å²) in [4.78, 5) is 14.2. The Morgan fingerprint density at radius 1 is 0.933 bits per heavy atom. The number of halogens is 1. The van der Waals surface area contributed by atoms with Crippen LogP contribution in [0.5, 0.6) is 11.5 Å². The van der Waals surface area contributed by atoms with E-state index >= 15 is 0 Å². The van der Waals surface area contributed by atoms with Crippen molar-refractivity contribution in [3.05, 3.63) is 71.5 Å². The van der Waals surface area contributed by atoms with Crippen LogP contribution >= 0.6 is 0 Å². The average Bonchev–Trinajstić information content (AvgIpc) is 3.16. The number of anilines is 1. The molecular formula is C22H19FN4O3. The molecule has 1 amide bonds. The maximum absolute atomic E-state index is 13.2. The standard InChI is InChI=1S/C22H19FN4O3/c1-13-8-20-21(26-27(25-20)16-6-4-15(23)5-7-16)12-19(13)24-22(28)14-9-17(29-2)11-18(10-14)30-3/h4-12H,1-3H3,(H,24,28). The normalized spacial score (nSPS) is 10.8. The van der Waals surface area contributed by atoms with E-state index in [1.165, 1.54) is 31.1 Å².